The summed E-state index contributed by atoms with van der Waals surface area (Å²) in [5.74, 6) is 1.62. The zero-order chi connectivity index (χ0) is 8.39. The lowest BCUT2D eigenvalue weighted by Crippen LogP contribution is -1.84. The Hall–Kier alpha value is -0.630. The summed E-state index contributed by atoms with van der Waals surface area (Å²) in [6.45, 7) is 0. The van der Waals surface area contributed by atoms with Crippen LogP contribution in [0.2, 0.25) is 0 Å². The standard InChI is InChI=1S/C10H12OS/c11-9-4-5-10-8(7-9)3-1-2-6-12-10/h4-5,7,11H,1-3,6H2. The lowest BCUT2D eigenvalue weighted by atomic mass is 10.1. The molecular formula is C10H12OS. The summed E-state index contributed by atoms with van der Waals surface area (Å²) in [5, 5.41) is 9.27. The summed E-state index contributed by atoms with van der Waals surface area (Å²) in [5.41, 5.74) is 1.32. The summed E-state index contributed by atoms with van der Waals surface area (Å²) in [6.07, 6.45) is 3.67. The molecule has 1 aliphatic heterocycles. The van der Waals surface area contributed by atoms with Crippen LogP contribution in [0.25, 0.3) is 0 Å². The molecule has 0 atom stereocenters. The van der Waals surface area contributed by atoms with Crippen LogP contribution in [0.4, 0.5) is 0 Å². The van der Waals surface area contributed by atoms with Crippen LogP contribution in [-0.2, 0) is 6.42 Å². The van der Waals surface area contributed by atoms with Crippen LogP contribution in [-0.4, -0.2) is 10.9 Å². The van der Waals surface area contributed by atoms with Gasteiger partial charge in [-0.2, -0.15) is 0 Å². The second-order valence-electron chi connectivity index (χ2n) is 3.10. The minimum absolute atomic E-state index is 0.399. The first-order valence-electron chi connectivity index (χ1n) is 4.31. The number of aromatic hydroxyl groups is 1. The SMILES string of the molecule is Oc1ccc2c(c1)CCCCS2. The van der Waals surface area contributed by atoms with Crippen molar-refractivity contribution in [3.8, 4) is 5.75 Å². The van der Waals surface area contributed by atoms with E-state index in [0.717, 1.165) is 6.42 Å². The first-order chi connectivity index (χ1) is 5.86. The fourth-order valence-corrected chi connectivity index (χ4v) is 2.58. The highest BCUT2D eigenvalue weighted by atomic mass is 32.2. The maximum absolute atomic E-state index is 9.27. The van der Waals surface area contributed by atoms with E-state index in [-0.39, 0.29) is 0 Å². The van der Waals surface area contributed by atoms with E-state index >= 15 is 0 Å². The summed E-state index contributed by atoms with van der Waals surface area (Å²) >= 11 is 1.91. The molecule has 1 aromatic rings. The van der Waals surface area contributed by atoms with E-state index in [1.165, 1.54) is 29.1 Å². The molecule has 0 bridgehead atoms. The molecule has 0 spiro atoms. The number of rotatable bonds is 0. The van der Waals surface area contributed by atoms with Gasteiger partial charge < -0.3 is 5.11 Å². The average molecular weight is 180 g/mol. The van der Waals surface area contributed by atoms with Crippen molar-refractivity contribution in [2.45, 2.75) is 24.2 Å². The molecule has 1 heterocycles. The van der Waals surface area contributed by atoms with E-state index in [1.54, 1.807) is 6.07 Å². The molecule has 2 rings (SSSR count). The first kappa shape index (κ1) is 7.99. The van der Waals surface area contributed by atoms with Crippen molar-refractivity contribution in [3.05, 3.63) is 23.8 Å². The third kappa shape index (κ3) is 1.58. The second-order valence-corrected chi connectivity index (χ2v) is 4.23. The van der Waals surface area contributed by atoms with Crippen LogP contribution in [0, 0.1) is 0 Å². The third-order valence-electron chi connectivity index (χ3n) is 2.14. The Morgan fingerprint density at radius 1 is 1.25 bits per heavy atom. The summed E-state index contributed by atoms with van der Waals surface area (Å²) in [7, 11) is 0. The molecule has 64 valence electrons. The highest BCUT2D eigenvalue weighted by Gasteiger charge is 2.07. The Morgan fingerprint density at radius 3 is 3.08 bits per heavy atom. The number of hydrogen-bond donors (Lipinski definition) is 1. The largest absolute Gasteiger partial charge is 0.508 e. The predicted molar refractivity (Wildman–Crippen MR) is 51.8 cm³/mol. The van der Waals surface area contributed by atoms with Crippen molar-refractivity contribution in [1.82, 2.24) is 0 Å². The van der Waals surface area contributed by atoms with Gasteiger partial charge in [0.2, 0.25) is 0 Å². The molecule has 1 aliphatic rings. The minimum atomic E-state index is 0.399. The molecule has 0 fully saturated rings. The monoisotopic (exact) mass is 180 g/mol. The van der Waals surface area contributed by atoms with Crippen LogP contribution in [0.1, 0.15) is 18.4 Å². The fourth-order valence-electron chi connectivity index (χ4n) is 1.50. The van der Waals surface area contributed by atoms with Crippen LogP contribution < -0.4 is 0 Å². The summed E-state index contributed by atoms with van der Waals surface area (Å²) < 4.78 is 0. The van der Waals surface area contributed by atoms with E-state index in [9.17, 15) is 5.11 Å². The number of thioether (sulfide) groups is 1. The molecule has 0 amide bonds. The van der Waals surface area contributed by atoms with Gasteiger partial charge in [-0.1, -0.05) is 0 Å². The van der Waals surface area contributed by atoms with Gasteiger partial charge in [-0.3, -0.25) is 0 Å². The van der Waals surface area contributed by atoms with Gasteiger partial charge in [0.1, 0.15) is 5.75 Å². The van der Waals surface area contributed by atoms with Crippen molar-refractivity contribution in [3.63, 3.8) is 0 Å². The van der Waals surface area contributed by atoms with E-state index in [1.807, 2.05) is 23.9 Å². The van der Waals surface area contributed by atoms with Gasteiger partial charge in [-0.15, -0.1) is 11.8 Å². The van der Waals surface area contributed by atoms with E-state index in [0.29, 0.717) is 5.75 Å². The predicted octanol–water partition coefficient (Wildman–Crippen LogP) is 2.82. The molecule has 0 unspecified atom stereocenters. The van der Waals surface area contributed by atoms with E-state index in [4.69, 9.17) is 0 Å². The van der Waals surface area contributed by atoms with Crippen molar-refractivity contribution < 1.29 is 5.11 Å². The number of phenols is 1. The number of benzene rings is 1. The molecule has 0 aliphatic carbocycles. The highest BCUT2D eigenvalue weighted by Crippen LogP contribution is 2.30. The van der Waals surface area contributed by atoms with Gasteiger partial charge in [0.05, 0.1) is 0 Å². The molecule has 0 saturated carbocycles. The number of aryl methyl sites for hydroxylation is 1. The van der Waals surface area contributed by atoms with E-state index < -0.39 is 0 Å². The molecule has 1 aromatic carbocycles. The first-order valence-corrected chi connectivity index (χ1v) is 5.29. The number of hydrogen-bond acceptors (Lipinski definition) is 2. The van der Waals surface area contributed by atoms with Gasteiger partial charge in [-0.05, 0) is 48.8 Å². The zero-order valence-electron chi connectivity index (χ0n) is 6.92. The van der Waals surface area contributed by atoms with Crippen LogP contribution in [0.5, 0.6) is 5.75 Å². The van der Waals surface area contributed by atoms with E-state index in [2.05, 4.69) is 0 Å². The lowest BCUT2D eigenvalue weighted by Gasteiger charge is -2.03. The zero-order valence-corrected chi connectivity index (χ0v) is 7.73. The van der Waals surface area contributed by atoms with Gasteiger partial charge in [-0.25, -0.2) is 0 Å². The Morgan fingerprint density at radius 2 is 2.17 bits per heavy atom. The summed E-state index contributed by atoms with van der Waals surface area (Å²) in [6, 6.07) is 5.70. The Labute approximate surface area is 76.8 Å². The van der Waals surface area contributed by atoms with Crippen molar-refractivity contribution in [1.29, 1.82) is 0 Å². The van der Waals surface area contributed by atoms with Crippen molar-refractivity contribution in [2.75, 3.05) is 5.75 Å². The topological polar surface area (TPSA) is 20.2 Å². The Bertz CT molecular complexity index is 283. The quantitative estimate of drug-likeness (QED) is 0.662. The Kier molecular flexibility index (Phi) is 2.26. The van der Waals surface area contributed by atoms with Crippen molar-refractivity contribution >= 4 is 11.8 Å². The maximum atomic E-state index is 9.27. The smallest absolute Gasteiger partial charge is 0.115 e. The molecule has 1 N–H and O–H groups in total. The fraction of sp³-hybridized carbons (Fsp3) is 0.400. The summed E-state index contributed by atoms with van der Waals surface area (Å²) in [4.78, 5) is 1.35. The molecule has 0 aromatic heterocycles. The minimum Gasteiger partial charge on any atom is -0.508 e. The molecule has 0 radical (unpaired) electrons. The number of phenolic OH excluding ortho intramolecular Hbond substituents is 1. The van der Waals surface area contributed by atoms with Crippen LogP contribution in [0.15, 0.2) is 23.1 Å². The van der Waals surface area contributed by atoms with Gasteiger partial charge in [0, 0.05) is 4.90 Å². The molecule has 0 saturated heterocycles. The molecule has 12 heavy (non-hydrogen) atoms. The van der Waals surface area contributed by atoms with Crippen LogP contribution in [0.3, 0.4) is 0 Å². The third-order valence-corrected chi connectivity index (χ3v) is 3.34. The van der Waals surface area contributed by atoms with Gasteiger partial charge in [0.25, 0.3) is 0 Å². The molecular weight excluding hydrogens is 168 g/mol. The number of fused-ring (bicyclic) bond motifs is 1. The maximum Gasteiger partial charge on any atom is 0.115 e. The van der Waals surface area contributed by atoms with Gasteiger partial charge in [0.15, 0.2) is 0 Å². The molecule has 2 heteroatoms. The molecule has 1 nitrogen and oxygen atoms in total. The lowest BCUT2D eigenvalue weighted by molar-refractivity contribution is 0.474. The second kappa shape index (κ2) is 3.40. The van der Waals surface area contributed by atoms with Crippen molar-refractivity contribution in [2.24, 2.45) is 0 Å². The Balaban J connectivity index is 2.36. The normalized spacial score (nSPS) is 16.7. The average Bonchev–Trinajstić information content (AvgIpc) is 2.28. The highest BCUT2D eigenvalue weighted by molar-refractivity contribution is 7.99. The van der Waals surface area contributed by atoms with Gasteiger partial charge >= 0.3 is 0 Å². The van der Waals surface area contributed by atoms with Crippen LogP contribution >= 0.6 is 11.8 Å².